The fourth-order valence-electron chi connectivity index (χ4n) is 1.67. The molecule has 0 radical (unpaired) electrons. The molecule has 0 aromatic heterocycles. The molecule has 23 heavy (non-hydrogen) atoms. The number of ether oxygens (including phenoxy) is 3. The minimum atomic E-state index is -2.26. The van der Waals surface area contributed by atoms with Crippen LogP contribution in [0, 0.1) is 0 Å². The van der Waals surface area contributed by atoms with Gasteiger partial charge in [0, 0.05) is 0 Å². The number of carboxylic acid groups (broad SMARTS) is 1. The fraction of sp³-hybridized carbons (Fsp3) is 0.500. The summed E-state index contributed by atoms with van der Waals surface area (Å²) < 4.78 is 15.5. The average molecular weight is 325 g/mol. The van der Waals surface area contributed by atoms with Gasteiger partial charge < -0.3 is 25.1 Å². The van der Waals surface area contributed by atoms with Crippen LogP contribution in [0.5, 0.6) is 5.75 Å². The number of carbonyl (C=O) groups is 2. The summed E-state index contributed by atoms with van der Waals surface area (Å²) in [4.78, 5) is 23.4. The number of carboxylic acids is 1. The second-order valence-corrected chi connectivity index (χ2v) is 6.12. The molecule has 0 aliphatic carbocycles. The predicted molar refractivity (Wildman–Crippen MR) is 83.0 cm³/mol. The predicted octanol–water partition coefficient (Wildman–Crippen LogP) is 1.34. The highest BCUT2D eigenvalue weighted by atomic mass is 16.6. The molecule has 0 fully saturated rings. The number of hydrogen-bond acceptors (Lipinski definition) is 6. The van der Waals surface area contributed by atoms with Crippen molar-refractivity contribution in [2.24, 2.45) is 5.73 Å². The number of esters is 1. The van der Waals surface area contributed by atoms with Crippen LogP contribution in [0.4, 0.5) is 0 Å². The quantitative estimate of drug-likeness (QED) is 0.575. The van der Waals surface area contributed by atoms with Crippen LogP contribution >= 0.6 is 0 Å². The lowest BCUT2D eigenvalue weighted by Gasteiger charge is -2.27. The number of carbonyl (C=O) groups excluding carboxylic acids is 1. The van der Waals surface area contributed by atoms with Crippen molar-refractivity contribution in [3.8, 4) is 5.75 Å². The van der Waals surface area contributed by atoms with Gasteiger partial charge in [-0.15, -0.1) is 0 Å². The van der Waals surface area contributed by atoms with Crippen LogP contribution in [-0.2, 0) is 25.7 Å². The third-order valence-electron chi connectivity index (χ3n) is 2.88. The topological polar surface area (TPSA) is 108 Å². The zero-order valence-electron chi connectivity index (χ0n) is 13.8. The van der Waals surface area contributed by atoms with E-state index in [2.05, 4.69) is 0 Å². The van der Waals surface area contributed by atoms with Gasteiger partial charge in [0.2, 0.25) is 5.54 Å². The van der Waals surface area contributed by atoms with Gasteiger partial charge in [0.05, 0.1) is 20.3 Å². The van der Waals surface area contributed by atoms with Crippen LogP contribution in [0.3, 0.4) is 0 Å². The Morgan fingerprint density at radius 1 is 1.26 bits per heavy atom. The number of benzene rings is 1. The van der Waals surface area contributed by atoms with E-state index in [0.29, 0.717) is 5.75 Å². The smallest absolute Gasteiger partial charge is 0.340 e. The Balaban J connectivity index is 2.72. The summed E-state index contributed by atoms with van der Waals surface area (Å²) in [5.41, 5.74) is 3.35. The Hall–Kier alpha value is -2.12. The van der Waals surface area contributed by atoms with E-state index in [-0.39, 0.29) is 6.61 Å². The number of aliphatic carboxylic acids is 1. The third kappa shape index (κ3) is 5.54. The van der Waals surface area contributed by atoms with Crippen molar-refractivity contribution < 1.29 is 28.9 Å². The van der Waals surface area contributed by atoms with Gasteiger partial charge in [-0.05, 0) is 38.5 Å². The van der Waals surface area contributed by atoms with Gasteiger partial charge in [-0.25, -0.2) is 9.59 Å². The summed E-state index contributed by atoms with van der Waals surface area (Å²) in [5, 5.41) is 9.25. The highest BCUT2D eigenvalue weighted by Gasteiger charge is 2.46. The van der Waals surface area contributed by atoms with Gasteiger partial charge in [-0.2, -0.15) is 0 Å². The van der Waals surface area contributed by atoms with Crippen molar-refractivity contribution in [2.75, 3.05) is 13.7 Å². The zero-order chi connectivity index (χ0) is 17.7. The van der Waals surface area contributed by atoms with E-state index in [4.69, 9.17) is 19.9 Å². The maximum Gasteiger partial charge on any atom is 0.340 e. The summed E-state index contributed by atoms with van der Waals surface area (Å²) >= 11 is 0. The second-order valence-electron chi connectivity index (χ2n) is 6.12. The molecule has 0 amide bonds. The Labute approximate surface area is 135 Å². The van der Waals surface area contributed by atoms with Crippen LogP contribution in [0.15, 0.2) is 24.3 Å². The van der Waals surface area contributed by atoms with E-state index in [1.807, 2.05) is 0 Å². The van der Waals surface area contributed by atoms with Crippen molar-refractivity contribution in [3.05, 3.63) is 29.8 Å². The monoisotopic (exact) mass is 325 g/mol. The van der Waals surface area contributed by atoms with E-state index < -0.39 is 29.7 Å². The van der Waals surface area contributed by atoms with E-state index in [9.17, 15) is 14.7 Å². The molecule has 1 rings (SSSR count). The van der Waals surface area contributed by atoms with Crippen molar-refractivity contribution in [1.29, 1.82) is 0 Å². The Kier molecular flexibility index (Phi) is 6.12. The summed E-state index contributed by atoms with van der Waals surface area (Å²) in [6.45, 7) is 4.47. The highest BCUT2D eigenvalue weighted by Crippen LogP contribution is 2.16. The lowest BCUT2D eigenvalue weighted by atomic mass is 10.0. The minimum Gasteiger partial charge on any atom is -0.497 e. The first-order valence-electron chi connectivity index (χ1n) is 7.05. The molecule has 0 aliphatic rings. The van der Waals surface area contributed by atoms with Crippen LogP contribution in [0.2, 0.25) is 0 Å². The first kappa shape index (κ1) is 18.9. The molecule has 7 heteroatoms. The molecule has 1 unspecified atom stereocenters. The van der Waals surface area contributed by atoms with Crippen LogP contribution in [0.1, 0.15) is 26.3 Å². The summed E-state index contributed by atoms with van der Waals surface area (Å²) in [5.74, 6) is -1.89. The van der Waals surface area contributed by atoms with Gasteiger partial charge >= 0.3 is 11.9 Å². The zero-order valence-corrected chi connectivity index (χ0v) is 13.8. The SMILES string of the molecule is COc1cccc(COCC(N)(C(=O)O)C(=O)OC(C)(C)C)c1. The van der Waals surface area contributed by atoms with Crippen molar-refractivity contribution in [3.63, 3.8) is 0 Å². The Morgan fingerprint density at radius 2 is 1.91 bits per heavy atom. The molecule has 3 N–H and O–H groups in total. The van der Waals surface area contributed by atoms with Crippen molar-refractivity contribution in [1.82, 2.24) is 0 Å². The molecule has 0 spiro atoms. The lowest BCUT2D eigenvalue weighted by Crippen LogP contribution is -2.60. The number of hydrogen-bond donors (Lipinski definition) is 2. The maximum atomic E-state index is 12.0. The number of methoxy groups -OCH3 is 1. The van der Waals surface area contributed by atoms with Gasteiger partial charge in [0.25, 0.3) is 0 Å². The molecule has 0 bridgehead atoms. The Morgan fingerprint density at radius 3 is 2.43 bits per heavy atom. The minimum absolute atomic E-state index is 0.0895. The molecule has 0 aliphatic heterocycles. The summed E-state index contributed by atoms with van der Waals surface area (Å²) in [6, 6.07) is 7.08. The number of rotatable bonds is 7. The highest BCUT2D eigenvalue weighted by molar-refractivity contribution is 6.04. The van der Waals surface area contributed by atoms with Crippen molar-refractivity contribution in [2.45, 2.75) is 38.5 Å². The van der Waals surface area contributed by atoms with Gasteiger partial charge in [-0.3, -0.25) is 0 Å². The molecule has 1 aromatic carbocycles. The van der Waals surface area contributed by atoms with Crippen LogP contribution in [-0.4, -0.2) is 41.9 Å². The van der Waals surface area contributed by atoms with Gasteiger partial charge in [0.15, 0.2) is 0 Å². The molecule has 0 saturated heterocycles. The molecule has 1 atom stereocenters. The summed E-state index contributed by atoms with van der Waals surface area (Å²) in [6.07, 6.45) is 0. The van der Waals surface area contributed by atoms with Crippen molar-refractivity contribution >= 4 is 11.9 Å². The van der Waals surface area contributed by atoms with E-state index in [0.717, 1.165) is 5.56 Å². The molecule has 0 saturated carbocycles. The molecule has 0 heterocycles. The largest absolute Gasteiger partial charge is 0.497 e. The average Bonchev–Trinajstić information content (AvgIpc) is 2.45. The molecular weight excluding hydrogens is 302 g/mol. The van der Waals surface area contributed by atoms with E-state index in [1.54, 1.807) is 45.0 Å². The molecule has 7 nitrogen and oxygen atoms in total. The van der Waals surface area contributed by atoms with Crippen LogP contribution < -0.4 is 10.5 Å². The Bertz CT molecular complexity index is 566. The van der Waals surface area contributed by atoms with Gasteiger partial charge in [-0.1, -0.05) is 12.1 Å². The standard InChI is InChI=1S/C16H23NO6/c1-15(2,3)23-14(20)16(17,13(18)19)10-22-9-11-6-5-7-12(8-11)21-4/h5-8H,9-10,17H2,1-4H3,(H,18,19). The lowest BCUT2D eigenvalue weighted by molar-refractivity contribution is -0.172. The fourth-order valence-corrected chi connectivity index (χ4v) is 1.67. The third-order valence-corrected chi connectivity index (χ3v) is 2.88. The second kappa shape index (κ2) is 7.43. The van der Waals surface area contributed by atoms with E-state index in [1.165, 1.54) is 7.11 Å². The molecular formula is C16H23NO6. The normalized spacial score (nSPS) is 14.0. The van der Waals surface area contributed by atoms with E-state index >= 15 is 0 Å². The first-order valence-corrected chi connectivity index (χ1v) is 7.05. The summed E-state index contributed by atoms with van der Waals surface area (Å²) in [7, 11) is 1.54. The number of nitrogens with two attached hydrogens (primary N) is 1. The van der Waals surface area contributed by atoms with Gasteiger partial charge in [0.1, 0.15) is 11.4 Å². The van der Waals surface area contributed by atoms with Crippen LogP contribution in [0.25, 0.3) is 0 Å². The molecule has 128 valence electrons. The molecule has 1 aromatic rings. The maximum absolute atomic E-state index is 12.0. The first-order chi connectivity index (χ1) is 10.6.